The third-order valence-corrected chi connectivity index (χ3v) is 6.53. The van der Waals surface area contributed by atoms with E-state index in [0.717, 1.165) is 4.31 Å². The molecular weight excluding hydrogens is 484 g/mol. The van der Waals surface area contributed by atoms with Crippen molar-refractivity contribution in [2.45, 2.75) is 11.8 Å². The van der Waals surface area contributed by atoms with Gasteiger partial charge in [-0.15, -0.1) is 0 Å². The quantitative estimate of drug-likeness (QED) is 0.421. The van der Waals surface area contributed by atoms with E-state index in [1.165, 1.54) is 32.4 Å². The SMILES string of the molecule is COC(=O)c1cc(Br)cc(C)c1N(C)S(=O)(=O)c1ccc(OCC#CCN(C)C)cc1. The van der Waals surface area contributed by atoms with Gasteiger partial charge in [-0.1, -0.05) is 27.8 Å². The molecule has 7 nitrogen and oxygen atoms in total. The van der Waals surface area contributed by atoms with Gasteiger partial charge in [-0.05, 0) is 63.0 Å². The first-order valence-corrected chi connectivity index (χ1v) is 11.5. The van der Waals surface area contributed by atoms with Crippen molar-refractivity contribution in [2.24, 2.45) is 0 Å². The van der Waals surface area contributed by atoms with Gasteiger partial charge in [0, 0.05) is 11.5 Å². The smallest absolute Gasteiger partial charge is 0.340 e. The Labute approximate surface area is 192 Å². The topological polar surface area (TPSA) is 76.1 Å². The lowest BCUT2D eigenvalue weighted by Gasteiger charge is -2.24. The Hall–Kier alpha value is -2.54. The van der Waals surface area contributed by atoms with E-state index in [1.54, 1.807) is 25.1 Å². The van der Waals surface area contributed by atoms with Crippen molar-refractivity contribution in [1.29, 1.82) is 0 Å². The Morgan fingerprint density at radius 1 is 1.10 bits per heavy atom. The summed E-state index contributed by atoms with van der Waals surface area (Å²) in [7, 11) is 2.58. The molecule has 0 aliphatic carbocycles. The second-order valence-corrected chi connectivity index (χ2v) is 9.82. The molecule has 9 heteroatoms. The Balaban J connectivity index is 2.28. The molecule has 0 heterocycles. The van der Waals surface area contributed by atoms with Crippen LogP contribution in [0.3, 0.4) is 0 Å². The Morgan fingerprint density at radius 2 is 1.74 bits per heavy atom. The highest BCUT2D eigenvalue weighted by molar-refractivity contribution is 9.10. The van der Waals surface area contributed by atoms with Crippen LogP contribution < -0.4 is 9.04 Å². The number of methoxy groups -OCH3 is 1. The number of benzene rings is 2. The summed E-state index contributed by atoms with van der Waals surface area (Å²) in [6, 6.07) is 9.34. The highest BCUT2D eigenvalue weighted by Gasteiger charge is 2.27. The molecule has 166 valence electrons. The van der Waals surface area contributed by atoms with Gasteiger partial charge in [-0.2, -0.15) is 0 Å². The van der Waals surface area contributed by atoms with Crippen LogP contribution in [-0.2, 0) is 14.8 Å². The zero-order valence-electron chi connectivity index (χ0n) is 18.1. The van der Waals surface area contributed by atoms with E-state index in [2.05, 4.69) is 27.8 Å². The molecule has 0 aliphatic rings. The van der Waals surface area contributed by atoms with Crippen LogP contribution in [0.1, 0.15) is 15.9 Å². The third-order valence-electron chi connectivity index (χ3n) is 4.30. The van der Waals surface area contributed by atoms with Crippen LogP contribution in [0.4, 0.5) is 5.69 Å². The molecule has 2 aromatic rings. The monoisotopic (exact) mass is 508 g/mol. The molecule has 0 atom stereocenters. The zero-order chi connectivity index (χ0) is 23.2. The van der Waals surface area contributed by atoms with E-state index in [0.29, 0.717) is 22.3 Å². The molecule has 0 bridgehead atoms. The number of nitrogens with zero attached hydrogens (tertiary/aromatic N) is 2. The van der Waals surface area contributed by atoms with Gasteiger partial charge < -0.3 is 9.47 Å². The predicted molar refractivity (Wildman–Crippen MR) is 124 cm³/mol. The van der Waals surface area contributed by atoms with Gasteiger partial charge >= 0.3 is 5.97 Å². The van der Waals surface area contributed by atoms with Gasteiger partial charge in [0.25, 0.3) is 10.0 Å². The fourth-order valence-electron chi connectivity index (χ4n) is 2.79. The van der Waals surface area contributed by atoms with Crippen molar-refractivity contribution in [1.82, 2.24) is 4.90 Å². The van der Waals surface area contributed by atoms with Crippen molar-refractivity contribution in [3.63, 3.8) is 0 Å². The first-order chi connectivity index (χ1) is 14.6. The number of hydrogen-bond acceptors (Lipinski definition) is 6. The average Bonchev–Trinajstić information content (AvgIpc) is 2.72. The van der Waals surface area contributed by atoms with E-state index in [1.807, 2.05) is 19.0 Å². The molecule has 0 saturated carbocycles. The number of esters is 1. The van der Waals surface area contributed by atoms with Crippen LogP contribution in [0, 0.1) is 18.8 Å². The van der Waals surface area contributed by atoms with Crippen LogP contribution >= 0.6 is 15.9 Å². The molecule has 0 aromatic heterocycles. The highest BCUT2D eigenvalue weighted by Crippen LogP contribution is 2.33. The summed E-state index contributed by atoms with van der Waals surface area (Å²) in [6.07, 6.45) is 0. The minimum absolute atomic E-state index is 0.0687. The van der Waals surface area contributed by atoms with Gasteiger partial charge in [-0.3, -0.25) is 9.21 Å². The summed E-state index contributed by atoms with van der Waals surface area (Å²) in [4.78, 5) is 14.3. The van der Waals surface area contributed by atoms with E-state index >= 15 is 0 Å². The Kier molecular flexibility index (Phi) is 8.51. The number of carbonyl (C=O) groups excluding carboxylic acids is 1. The number of anilines is 1. The molecule has 0 N–H and O–H groups in total. The van der Waals surface area contributed by atoms with E-state index in [-0.39, 0.29) is 22.8 Å². The standard InChI is InChI=1S/C22H25BrN2O5S/c1-16-14-17(23)15-20(22(26)29-5)21(16)25(4)31(27,28)19-10-8-18(9-11-19)30-13-7-6-12-24(2)3/h8-11,14-15H,12-13H2,1-5H3. The molecule has 0 aliphatic heterocycles. The lowest BCUT2D eigenvalue weighted by molar-refractivity contribution is 0.0601. The molecule has 0 fully saturated rings. The van der Waals surface area contributed by atoms with Crippen LogP contribution in [0.15, 0.2) is 45.8 Å². The van der Waals surface area contributed by atoms with Crippen molar-refractivity contribution >= 4 is 37.6 Å². The number of aryl methyl sites for hydroxylation is 1. The van der Waals surface area contributed by atoms with E-state index in [9.17, 15) is 13.2 Å². The highest BCUT2D eigenvalue weighted by atomic mass is 79.9. The van der Waals surface area contributed by atoms with Gasteiger partial charge in [0.15, 0.2) is 0 Å². The van der Waals surface area contributed by atoms with Crippen molar-refractivity contribution in [2.75, 3.05) is 45.7 Å². The first-order valence-electron chi connectivity index (χ1n) is 9.28. The van der Waals surface area contributed by atoms with E-state index < -0.39 is 16.0 Å². The van der Waals surface area contributed by atoms with Crippen molar-refractivity contribution in [3.05, 3.63) is 52.0 Å². The minimum Gasteiger partial charge on any atom is -0.481 e. The maximum absolute atomic E-state index is 13.2. The van der Waals surface area contributed by atoms with Gasteiger partial charge in [-0.25, -0.2) is 13.2 Å². The molecule has 0 saturated heterocycles. The van der Waals surface area contributed by atoms with Gasteiger partial charge in [0.05, 0.1) is 29.8 Å². The molecule has 31 heavy (non-hydrogen) atoms. The van der Waals surface area contributed by atoms with E-state index in [4.69, 9.17) is 9.47 Å². The number of sulfonamides is 1. The van der Waals surface area contributed by atoms with Crippen molar-refractivity contribution in [3.8, 4) is 17.6 Å². The van der Waals surface area contributed by atoms with Crippen LogP contribution in [0.2, 0.25) is 0 Å². The van der Waals surface area contributed by atoms with Crippen LogP contribution in [-0.4, -0.2) is 60.7 Å². The lowest BCUT2D eigenvalue weighted by atomic mass is 10.1. The van der Waals surface area contributed by atoms with Crippen LogP contribution in [0.5, 0.6) is 5.75 Å². The second kappa shape index (κ2) is 10.7. The molecule has 0 spiro atoms. The molecular formula is C22H25BrN2O5S. The maximum Gasteiger partial charge on any atom is 0.340 e. The van der Waals surface area contributed by atoms with Crippen molar-refractivity contribution < 1.29 is 22.7 Å². The minimum atomic E-state index is -3.93. The van der Waals surface area contributed by atoms with Crippen LogP contribution in [0.25, 0.3) is 0 Å². The molecule has 0 unspecified atom stereocenters. The molecule has 2 aromatic carbocycles. The summed E-state index contributed by atoms with van der Waals surface area (Å²) in [5.41, 5.74) is 1.01. The number of rotatable bonds is 7. The molecule has 2 rings (SSSR count). The van der Waals surface area contributed by atoms with Gasteiger partial charge in [0.1, 0.15) is 12.4 Å². The van der Waals surface area contributed by atoms with Gasteiger partial charge in [0.2, 0.25) is 0 Å². The maximum atomic E-state index is 13.2. The fourth-order valence-corrected chi connectivity index (χ4v) is 4.64. The predicted octanol–water partition coefficient (Wildman–Crippen LogP) is 3.31. The molecule has 0 radical (unpaired) electrons. The number of ether oxygens (including phenoxy) is 2. The Morgan fingerprint density at radius 3 is 2.32 bits per heavy atom. The largest absolute Gasteiger partial charge is 0.481 e. The number of halogens is 1. The Bertz CT molecular complexity index is 1100. The summed E-state index contributed by atoms with van der Waals surface area (Å²) in [6.45, 7) is 2.57. The molecule has 0 amide bonds. The number of carbonyl (C=O) groups is 1. The fraction of sp³-hybridized carbons (Fsp3) is 0.318. The normalized spacial score (nSPS) is 10.9. The summed E-state index contributed by atoms with van der Waals surface area (Å²) < 4.78 is 38.5. The zero-order valence-corrected chi connectivity index (χ0v) is 20.5. The first kappa shape index (κ1) is 24.7. The second-order valence-electron chi connectivity index (χ2n) is 6.93. The third kappa shape index (κ3) is 6.23. The lowest BCUT2D eigenvalue weighted by Crippen LogP contribution is -2.29. The summed E-state index contributed by atoms with van der Waals surface area (Å²) >= 11 is 3.33. The summed E-state index contributed by atoms with van der Waals surface area (Å²) in [5, 5.41) is 0. The average molecular weight is 509 g/mol. The summed E-state index contributed by atoms with van der Waals surface area (Å²) in [5.74, 6) is 5.74. The number of hydrogen-bond donors (Lipinski definition) is 0.